The zero-order valence-corrected chi connectivity index (χ0v) is 15.9. The summed E-state index contributed by atoms with van der Waals surface area (Å²) in [6.45, 7) is 0.176. The molecular formula is C21H21NO6. The molecule has 0 saturated carbocycles. The summed E-state index contributed by atoms with van der Waals surface area (Å²) in [5.74, 6) is 0.0693. The minimum atomic E-state index is -0.700. The van der Waals surface area contributed by atoms with Crippen LogP contribution in [0.2, 0.25) is 0 Å². The van der Waals surface area contributed by atoms with Crippen LogP contribution in [0.4, 0.5) is 0 Å². The standard InChI is InChI=1S/C21H21NO6/c1-26-16-9-8-13(12-17(16)27-2)10-11-22-19(23)15-7-5-4-6-14(15)18(20(22)24)21(25)28-3/h4-9,12,24H,10-11H2,1-3H3. The highest BCUT2D eigenvalue weighted by atomic mass is 16.5. The zero-order valence-electron chi connectivity index (χ0n) is 15.9. The molecule has 0 fully saturated rings. The van der Waals surface area contributed by atoms with Crippen LogP contribution in [0.1, 0.15) is 15.9 Å². The minimum absolute atomic E-state index is 0.0231. The number of esters is 1. The van der Waals surface area contributed by atoms with Gasteiger partial charge in [0, 0.05) is 17.3 Å². The van der Waals surface area contributed by atoms with E-state index in [9.17, 15) is 14.7 Å². The van der Waals surface area contributed by atoms with Crippen molar-refractivity contribution >= 4 is 16.7 Å². The Bertz CT molecular complexity index is 1090. The quantitative estimate of drug-likeness (QED) is 0.659. The van der Waals surface area contributed by atoms with Crippen molar-refractivity contribution in [1.29, 1.82) is 0 Å². The van der Waals surface area contributed by atoms with E-state index in [1.54, 1.807) is 44.6 Å². The Balaban J connectivity index is 2.04. The molecule has 2 aromatic carbocycles. The fraction of sp³-hybridized carbons (Fsp3) is 0.238. The van der Waals surface area contributed by atoms with Gasteiger partial charge in [-0.05, 0) is 30.2 Å². The van der Waals surface area contributed by atoms with Crippen LogP contribution in [-0.4, -0.2) is 37.0 Å². The molecule has 0 amide bonds. The number of carbonyl (C=O) groups excluding carboxylic acids is 1. The summed E-state index contributed by atoms with van der Waals surface area (Å²) in [7, 11) is 4.33. The summed E-state index contributed by atoms with van der Waals surface area (Å²) in [6, 6.07) is 12.1. The first-order chi connectivity index (χ1) is 13.5. The third-order valence-corrected chi connectivity index (χ3v) is 4.61. The number of aryl methyl sites for hydroxylation is 1. The number of hydrogen-bond acceptors (Lipinski definition) is 6. The molecule has 146 valence electrons. The molecule has 0 saturated heterocycles. The number of methoxy groups -OCH3 is 3. The van der Waals surface area contributed by atoms with E-state index in [-0.39, 0.29) is 17.7 Å². The number of aromatic nitrogens is 1. The predicted octanol–water partition coefficient (Wildman–Crippen LogP) is 2.75. The molecule has 0 unspecified atom stereocenters. The van der Waals surface area contributed by atoms with Crippen LogP contribution in [0.3, 0.4) is 0 Å². The van der Waals surface area contributed by atoms with Gasteiger partial charge in [-0.15, -0.1) is 0 Å². The van der Waals surface area contributed by atoms with Gasteiger partial charge in [-0.1, -0.05) is 24.3 Å². The highest BCUT2D eigenvalue weighted by Gasteiger charge is 2.22. The molecule has 0 spiro atoms. The van der Waals surface area contributed by atoms with Crippen LogP contribution in [0.15, 0.2) is 47.3 Å². The summed E-state index contributed by atoms with van der Waals surface area (Å²) in [4.78, 5) is 25.1. The molecule has 0 radical (unpaired) electrons. The van der Waals surface area contributed by atoms with Crippen molar-refractivity contribution in [3.8, 4) is 17.4 Å². The zero-order chi connectivity index (χ0) is 20.3. The molecule has 1 N–H and O–H groups in total. The lowest BCUT2D eigenvalue weighted by molar-refractivity contribution is 0.0598. The Morgan fingerprint density at radius 1 is 1.00 bits per heavy atom. The number of pyridine rings is 1. The van der Waals surface area contributed by atoms with Crippen LogP contribution in [0.5, 0.6) is 17.4 Å². The van der Waals surface area contributed by atoms with Crippen molar-refractivity contribution in [2.24, 2.45) is 0 Å². The van der Waals surface area contributed by atoms with Crippen molar-refractivity contribution in [3.05, 3.63) is 63.9 Å². The van der Waals surface area contributed by atoms with Gasteiger partial charge >= 0.3 is 5.97 Å². The molecule has 7 nitrogen and oxygen atoms in total. The fourth-order valence-corrected chi connectivity index (χ4v) is 3.17. The number of nitrogens with zero attached hydrogens (tertiary/aromatic N) is 1. The molecule has 0 aliphatic rings. The van der Waals surface area contributed by atoms with E-state index < -0.39 is 11.8 Å². The first kappa shape index (κ1) is 19.3. The summed E-state index contributed by atoms with van der Waals surface area (Å²) in [5.41, 5.74) is 0.489. The van der Waals surface area contributed by atoms with Crippen molar-refractivity contribution in [3.63, 3.8) is 0 Å². The largest absolute Gasteiger partial charge is 0.494 e. The SMILES string of the molecule is COC(=O)c1c(O)n(CCc2ccc(OC)c(OC)c2)c(=O)c2ccccc12. The normalized spacial score (nSPS) is 10.7. The second-order valence-corrected chi connectivity index (χ2v) is 6.13. The van der Waals surface area contributed by atoms with Gasteiger partial charge in [-0.2, -0.15) is 0 Å². The Hall–Kier alpha value is -3.48. The summed E-state index contributed by atoms with van der Waals surface area (Å²) >= 11 is 0. The van der Waals surface area contributed by atoms with E-state index in [2.05, 4.69) is 0 Å². The first-order valence-electron chi connectivity index (χ1n) is 8.65. The highest BCUT2D eigenvalue weighted by molar-refractivity contribution is 6.06. The number of carbonyl (C=O) groups is 1. The Kier molecular flexibility index (Phi) is 5.54. The van der Waals surface area contributed by atoms with E-state index in [0.29, 0.717) is 28.7 Å². The molecule has 3 aromatic rings. The maximum Gasteiger partial charge on any atom is 0.343 e. The summed E-state index contributed by atoms with van der Waals surface area (Å²) in [5, 5.41) is 11.3. The van der Waals surface area contributed by atoms with Gasteiger partial charge in [0.05, 0.1) is 21.3 Å². The number of fused-ring (bicyclic) bond motifs is 1. The molecule has 0 aliphatic carbocycles. The highest BCUT2D eigenvalue weighted by Crippen LogP contribution is 2.29. The number of aromatic hydroxyl groups is 1. The maximum atomic E-state index is 12.9. The van der Waals surface area contributed by atoms with Gasteiger partial charge in [0.2, 0.25) is 5.88 Å². The van der Waals surface area contributed by atoms with Gasteiger partial charge in [0.1, 0.15) is 5.56 Å². The smallest absolute Gasteiger partial charge is 0.343 e. The Morgan fingerprint density at radius 3 is 2.32 bits per heavy atom. The minimum Gasteiger partial charge on any atom is -0.494 e. The summed E-state index contributed by atoms with van der Waals surface area (Å²) < 4.78 is 16.5. The lowest BCUT2D eigenvalue weighted by Gasteiger charge is -2.15. The number of benzene rings is 2. The molecule has 28 heavy (non-hydrogen) atoms. The first-order valence-corrected chi connectivity index (χ1v) is 8.65. The van der Waals surface area contributed by atoms with E-state index in [1.807, 2.05) is 12.1 Å². The third kappa shape index (κ3) is 3.38. The predicted molar refractivity (Wildman–Crippen MR) is 104 cm³/mol. The second-order valence-electron chi connectivity index (χ2n) is 6.13. The van der Waals surface area contributed by atoms with Gasteiger partial charge < -0.3 is 19.3 Å². The molecule has 0 aliphatic heterocycles. The van der Waals surface area contributed by atoms with E-state index >= 15 is 0 Å². The van der Waals surface area contributed by atoms with Crippen LogP contribution in [0, 0.1) is 0 Å². The van der Waals surface area contributed by atoms with Crippen LogP contribution in [0.25, 0.3) is 10.8 Å². The fourth-order valence-electron chi connectivity index (χ4n) is 3.17. The molecular weight excluding hydrogens is 362 g/mol. The van der Waals surface area contributed by atoms with Gasteiger partial charge in [0.25, 0.3) is 5.56 Å². The topological polar surface area (TPSA) is 87.0 Å². The Morgan fingerprint density at radius 2 is 1.68 bits per heavy atom. The average molecular weight is 383 g/mol. The third-order valence-electron chi connectivity index (χ3n) is 4.61. The van der Waals surface area contributed by atoms with E-state index in [4.69, 9.17) is 14.2 Å². The number of rotatable bonds is 6. The van der Waals surface area contributed by atoms with E-state index in [1.165, 1.54) is 11.7 Å². The molecule has 0 atom stereocenters. The average Bonchev–Trinajstić information content (AvgIpc) is 2.73. The van der Waals surface area contributed by atoms with Gasteiger partial charge in [-0.25, -0.2) is 4.79 Å². The molecule has 1 heterocycles. The van der Waals surface area contributed by atoms with Gasteiger partial charge in [0.15, 0.2) is 11.5 Å². The number of hydrogen-bond donors (Lipinski definition) is 1. The van der Waals surface area contributed by atoms with Crippen LogP contribution in [-0.2, 0) is 17.7 Å². The monoisotopic (exact) mass is 383 g/mol. The number of ether oxygens (including phenoxy) is 3. The van der Waals surface area contributed by atoms with Crippen molar-refractivity contribution < 1.29 is 24.1 Å². The molecule has 3 rings (SSSR count). The molecule has 0 bridgehead atoms. The Labute approximate surface area is 161 Å². The lowest BCUT2D eigenvalue weighted by Crippen LogP contribution is -2.24. The van der Waals surface area contributed by atoms with Crippen molar-refractivity contribution in [2.75, 3.05) is 21.3 Å². The lowest BCUT2D eigenvalue weighted by atomic mass is 10.1. The summed E-state index contributed by atoms with van der Waals surface area (Å²) in [6.07, 6.45) is 0.437. The van der Waals surface area contributed by atoms with Crippen molar-refractivity contribution in [1.82, 2.24) is 4.57 Å². The van der Waals surface area contributed by atoms with Crippen LogP contribution >= 0.6 is 0 Å². The van der Waals surface area contributed by atoms with Crippen LogP contribution < -0.4 is 15.0 Å². The van der Waals surface area contributed by atoms with Crippen molar-refractivity contribution in [2.45, 2.75) is 13.0 Å². The molecule has 1 aromatic heterocycles. The van der Waals surface area contributed by atoms with E-state index in [0.717, 1.165) is 5.56 Å². The second kappa shape index (κ2) is 8.04. The molecule has 7 heteroatoms. The van der Waals surface area contributed by atoms with Gasteiger partial charge in [-0.3, -0.25) is 9.36 Å². The maximum absolute atomic E-state index is 12.9.